The van der Waals surface area contributed by atoms with Gasteiger partial charge in [-0.2, -0.15) is 0 Å². The highest BCUT2D eigenvalue weighted by Crippen LogP contribution is 2.21. The molecule has 0 bridgehead atoms. The minimum absolute atomic E-state index is 0.0772. The van der Waals surface area contributed by atoms with Crippen molar-refractivity contribution in [3.63, 3.8) is 0 Å². The fraction of sp³-hybridized carbons (Fsp3) is 0.600. The summed E-state index contributed by atoms with van der Waals surface area (Å²) in [6.45, 7) is 12.3. The molecule has 1 rings (SSSR count). The third kappa shape index (κ3) is 4.31. The summed E-state index contributed by atoms with van der Waals surface area (Å²) in [5.41, 5.74) is 8.17. The van der Waals surface area contributed by atoms with E-state index in [1.165, 1.54) is 0 Å². The third-order valence-corrected chi connectivity index (χ3v) is 3.28. The van der Waals surface area contributed by atoms with Gasteiger partial charge in [-0.15, -0.1) is 0 Å². The van der Waals surface area contributed by atoms with Gasteiger partial charge >= 0.3 is 0 Å². The van der Waals surface area contributed by atoms with Gasteiger partial charge in [0.2, 0.25) is 0 Å². The van der Waals surface area contributed by atoms with Crippen molar-refractivity contribution >= 4 is 0 Å². The zero-order valence-electron chi connectivity index (χ0n) is 12.1. The van der Waals surface area contributed by atoms with Crippen LogP contribution in [-0.4, -0.2) is 31.1 Å². The van der Waals surface area contributed by atoms with E-state index in [0.717, 1.165) is 43.1 Å². The first kappa shape index (κ1) is 15.0. The van der Waals surface area contributed by atoms with Gasteiger partial charge in [0.25, 0.3) is 0 Å². The van der Waals surface area contributed by atoms with Crippen LogP contribution in [0.25, 0.3) is 0 Å². The number of likely N-dealkylation sites (N-methyl/N-ethyl adjacent to an activating group) is 1. The maximum absolute atomic E-state index is 5.86. The Balaban J connectivity index is 2.53. The van der Waals surface area contributed by atoms with Gasteiger partial charge < -0.3 is 15.4 Å². The molecule has 0 heterocycles. The van der Waals surface area contributed by atoms with E-state index in [2.05, 4.69) is 31.7 Å². The maximum Gasteiger partial charge on any atom is 0.122 e. The summed E-state index contributed by atoms with van der Waals surface area (Å²) in [6.07, 6.45) is 0. The lowest BCUT2D eigenvalue weighted by molar-refractivity contribution is 0.222. The Hall–Kier alpha value is -1.06. The van der Waals surface area contributed by atoms with Crippen molar-refractivity contribution in [1.82, 2.24) is 4.90 Å². The van der Waals surface area contributed by atoms with Crippen molar-refractivity contribution in [2.24, 2.45) is 5.73 Å². The second kappa shape index (κ2) is 7.39. The normalized spacial score (nSPS) is 12.8. The fourth-order valence-electron chi connectivity index (χ4n) is 1.94. The largest absolute Gasteiger partial charge is 0.492 e. The summed E-state index contributed by atoms with van der Waals surface area (Å²) in [5.74, 6) is 0.964. The van der Waals surface area contributed by atoms with Crippen molar-refractivity contribution in [2.45, 2.75) is 33.7 Å². The topological polar surface area (TPSA) is 38.5 Å². The van der Waals surface area contributed by atoms with Gasteiger partial charge in [0.15, 0.2) is 0 Å². The molecule has 0 saturated heterocycles. The Labute approximate surface area is 111 Å². The van der Waals surface area contributed by atoms with Crippen molar-refractivity contribution in [1.29, 1.82) is 0 Å². The van der Waals surface area contributed by atoms with Crippen LogP contribution in [0.1, 0.15) is 37.9 Å². The van der Waals surface area contributed by atoms with Crippen LogP contribution in [0, 0.1) is 6.92 Å². The molecule has 0 aliphatic rings. The van der Waals surface area contributed by atoms with Gasteiger partial charge in [0, 0.05) is 12.6 Å². The molecule has 0 amide bonds. The molecule has 3 nitrogen and oxygen atoms in total. The lowest BCUT2D eigenvalue weighted by atomic mass is 10.1. The average Bonchev–Trinajstić information content (AvgIpc) is 2.36. The summed E-state index contributed by atoms with van der Waals surface area (Å²) < 4.78 is 5.82. The highest BCUT2D eigenvalue weighted by molar-refractivity contribution is 5.37. The molecule has 0 radical (unpaired) electrons. The molecule has 0 spiro atoms. The monoisotopic (exact) mass is 250 g/mol. The first-order valence-corrected chi connectivity index (χ1v) is 6.79. The molecule has 2 N–H and O–H groups in total. The molecular weight excluding hydrogens is 224 g/mol. The SMILES string of the molecule is CCN(CC)CCOc1ccc([C@@H](C)N)cc1C. The van der Waals surface area contributed by atoms with E-state index in [-0.39, 0.29) is 6.04 Å². The molecule has 0 saturated carbocycles. The van der Waals surface area contributed by atoms with Crippen LogP contribution in [0.15, 0.2) is 18.2 Å². The van der Waals surface area contributed by atoms with Gasteiger partial charge in [0.1, 0.15) is 12.4 Å². The maximum atomic E-state index is 5.86. The van der Waals surface area contributed by atoms with E-state index in [4.69, 9.17) is 10.5 Å². The quantitative estimate of drug-likeness (QED) is 0.808. The molecule has 0 unspecified atom stereocenters. The Morgan fingerprint density at radius 2 is 1.94 bits per heavy atom. The second-order valence-electron chi connectivity index (χ2n) is 4.69. The molecule has 0 aliphatic carbocycles. The smallest absolute Gasteiger partial charge is 0.122 e. The minimum atomic E-state index is 0.0772. The molecule has 0 fully saturated rings. The standard InChI is InChI=1S/C15H26N2O/c1-5-17(6-2)9-10-18-15-8-7-14(13(4)16)11-12(15)3/h7-8,11,13H,5-6,9-10,16H2,1-4H3/t13-/m1/s1. The number of nitrogens with zero attached hydrogens (tertiary/aromatic N) is 1. The van der Waals surface area contributed by atoms with E-state index >= 15 is 0 Å². The van der Waals surface area contributed by atoms with E-state index in [0.29, 0.717) is 0 Å². The summed E-state index contributed by atoms with van der Waals surface area (Å²) >= 11 is 0. The van der Waals surface area contributed by atoms with Crippen LogP contribution >= 0.6 is 0 Å². The van der Waals surface area contributed by atoms with Crippen molar-refractivity contribution in [2.75, 3.05) is 26.2 Å². The van der Waals surface area contributed by atoms with Crippen molar-refractivity contribution in [3.05, 3.63) is 29.3 Å². The molecular formula is C15H26N2O. The number of ether oxygens (including phenoxy) is 1. The summed E-state index contributed by atoms with van der Waals surface area (Å²) in [7, 11) is 0. The van der Waals surface area contributed by atoms with Gasteiger partial charge in [-0.25, -0.2) is 0 Å². The first-order valence-electron chi connectivity index (χ1n) is 6.79. The van der Waals surface area contributed by atoms with Crippen LogP contribution in [0.4, 0.5) is 0 Å². The zero-order chi connectivity index (χ0) is 13.5. The number of hydrogen-bond acceptors (Lipinski definition) is 3. The Morgan fingerprint density at radius 1 is 1.28 bits per heavy atom. The van der Waals surface area contributed by atoms with Crippen LogP contribution < -0.4 is 10.5 Å². The number of aryl methyl sites for hydroxylation is 1. The molecule has 1 aromatic rings. The van der Waals surface area contributed by atoms with Crippen molar-refractivity contribution in [3.8, 4) is 5.75 Å². The number of hydrogen-bond donors (Lipinski definition) is 1. The Morgan fingerprint density at radius 3 is 2.44 bits per heavy atom. The summed E-state index contributed by atoms with van der Waals surface area (Å²) in [4.78, 5) is 2.35. The highest BCUT2D eigenvalue weighted by Gasteiger charge is 2.05. The predicted molar refractivity (Wildman–Crippen MR) is 77.1 cm³/mol. The van der Waals surface area contributed by atoms with Crippen LogP contribution in [0.3, 0.4) is 0 Å². The zero-order valence-corrected chi connectivity index (χ0v) is 12.1. The van der Waals surface area contributed by atoms with Gasteiger partial charge in [-0.1, -0.05) is 26.0 Å². The minimum Gasteiger partial charge on any atom is -0.492 e. The van der Waals surface area contributed by atoms with Crippen LogP contribution in [0.2, 0.25) is 0 Å². The molecule has 102 valence electrons. The first-order chi connectivity index (χ1) is 8.58. The summed E-state index contributed by atoms with van der Waals surface area (Å²) in [6, 6.07) is 6.26. The van der Waals surface area contributed by atoms with E-state index in [1.807, 2.05) is 19.1 Å². The lowest BCUT2D eigenvalue weighted by Crippen LogP contribution is -2.28. The number of nitrogens with two attached hydrogens (primary N) is 1. The summed E-state index contributed by atoms with van der Waals surface area (Å²) in [5, 5.41) is 0. The van der Waals surface area contributed by atoms with E-state index in [9.17, 15) is 0 Å². The molecule has 1 atom stereocenters. The molecule has 0 aliphatic heterocycles. The molecule has 3 heteroatoms. The van der Waals surface area contributed by atoms with Gasteiger partial charge in [-0.05, 0) is 44.1 Å². The Bertz CT molecular complexity index is 360. The van der Waals surface area contributed by atoms with Crippen LogP contribution in [-0.2, 0) is 0 Å². The lowest BCUT2D eigenvalue weighted by Gasteiger charge is -2.19. The van der Waals surface area contributed by atoms with Gasteiger partial charge in [-0.3, -0.25) is 0 Å². The number of benzene rings is 1. The predicted octanol–water partition coefficient (Wildman–Crippen LogP) is 2.74. The highest BCUT2D eigenvalue weighted by atomic mass is 16.5. The van der Waals surface area contributed by atoms with E-state index in [1.54, 1.807) is 0 Å². The van der Waals surface area contributed by atoms with Gasteiger partial charge in [0.05, 0.1) is 0 Å². The third-order valence-electron chi connectivity index (χ3n) is 3.28. The van der Waals surface area contributed by atoms with E-state index < -0.39 is 0 Å². The fourth-order valence-corrected chi connectivity index (χ4v) is 1.94. The second-order valence-corrected chi connectivity index (χ2v) is 4.69. The van der Waals surface area contributed by atoms with Crippen LogP contribution in [0.5, 0.6) is 5.75 Å². The Kier molecular flexibility index (Phi) is 6.16. The molecule has 18 heavy (non-hydrogen) atoms. The molecule has 1 aromatic carbocycles. The average molecular weight is 250 g/mol. The number of rotatable bonds is 7. The van der Waals surface area contributed by atoms with Crippen molar-refractivity contribution < 1.29 is 4.74 Å². The molecule has 0 aromatic heterocycles.